The van der Waals surface area contributed by atoms with Gasteiger partial charge in [0.15, 0.2) is 0 Å². The Kier molecular flexibility index (Phi) is 5.47. The van der Waals surface area contributed by atoms with E-state index in [1.807, 2.05) is 0 Å². The molecule has 2 aromatic heterocycles. The second-order valence-electron chi connectivity index (χ2n) is 10.00. The number of nitrogens with one attached hydrogen (secondary N) is 1. The van der Waals surface area contributed by atoms with Crippen molar-refractivity contribution in [3.05, 3.63) is 28.9 Å². The van der Waals surface area contributed by atoms with E-state index in [-0.39, 0.29) is 23.2 Å². The summed E-state index contributed by atoms with van der Waals surface area (Å²) in [5.74, 6) is 2.37. The maximum atomic E-state index is 13.6. The first-order valence-corrected chi connectivity index (χ1v) is 15.1. The van der Waals surface area contributed by atoms with Crippen molar-refractivity contribution in [1.82, 2.24) is 19.9 Å². The summed E-state index contributed by atoms with van der Waals surface area (Å²) in [7, 11) is -3.71. The fourth-order valence-corrected chi connectivity index (χ4v) is 9.07. The minimum Gasteiger partial charge on any atom is -0.394 e. The van der Waals surface area contributed by atoms with Gasteiger partial charge >= 0.3 is 0 Å². The van der Waals surface area contributed by atoms with Crippen molar-refractivity contribution in [2.24, 2.45) is 4.36 Å². The lowest BCUT2D eigenvalue weighted by molar-refractivity contribution is 0.143. The number of hydrogen-bond donors (Lipinski definition) is 2. The van der Waals surface area contributed by atoms with E-state index in [4.69, 9.17) is 11.6 Å². The van der Waals surface area contributed by atoms with Crippen molar-refractivity contribution < 1.29 is 13.5 Å². The SMILES string of the molecule is O=[S@@]1c2c(nc(N=S3(=O)CCC(c4ncc(Cl)cn4)CC3)nc2NC2(CO)CCC2)CC12CC2. The zero-order chi connectivity index (χ0) is 23.6. The lowest BCUT2D eigenvalue weighted by Crippen LogP contribution is -2.48. The van der Waals surface area contributed by atoms with Gasteiger partial charge in [0.25, 0.3) is 5.95 Å². The van der Waals surface area contributed by atoms with Crippen LogP contribution in [0.2, 0.25) is 5.02 Å². The van der Waals surface area contributed by atoms with Gasteiger partial charge in [-0.15, -0.1) is 0 Å². The summed E-state index contributed by atoms with van der Waals surface area (Å²) in [6, 6.07) is 0. The van der Waals surface area contributed by atoms with Crippen LogP contribution in [0.25, 0.3) is 0 Å². The number of anilines is 1. The molecule has 0 amide bonds. The molecule has 0 radical (unpaired) electrons. The molecule has 0 unspecified atom stereocenters. The van der Waals surface area contributed by atoms with Gasteiger partial charge in [0.1, 0.15) is 16.5 Å². The highest BCUT2D eigenvalue weighted by Gasteiger charge is 2.56. The Hall–Kier alpha value is -1.69. The summed E-state index contributed by atoms with van der Waals surface area (Å²) < 4.78 is 31.2. The van der Waals surface area contributed by atoms with Crippen LogP contribution >= 0.6 is 11.6 Å². The second-order valence-corrected chi connectivity index (χ2v) is 14.8. The van der Waals surface area contributed by atoms with Crippen molar-refractivity contribution in [3.63, 3.8) is 0 Å². The smallest absolute Gasteiger partial charge is 0.259 e. The molecule has 2 aliphatic carbocycles. The van der Waals surface area contributed by atoms with Crippen LogP contribution in [0.3, 0.4) is 0 Å². The molecule has 1 spiro atoms. The first-order valence-electron chi connectivity index (χ1n) is 11.7. The average molecular weight is 523 g/mol. The molecule has 1 saturated heterocycles. The minimum absolute atomic E-state index is 0.0130. The number of hydrogen-bond acceptors (Lipinski definition) is 9. The van der Waals surface area contributed by atoms with Crippen molar-refractivity contribution in [3.8, 4) is 0 Å². The van der Waals surface area contributed by atoms with Crippen LogP contribution < -0.4 is 5.32 Å². The average Bonchev–Trinajstić information content (AvgIpc) is 3.51. The van der Waals surface area contributed by atoms with E-state index in [9.17, 15) is 13.5 Å². The molecule has 1 atom stereocenters. The molecular weight excluding hydrogens is 496 g/mol. The predicted molar refractivity (Wildman–Crippen MR) is 130 cm³/mol. The largest absolute Gasteiger partial charge is 0.394 e. The van der Waals surface area contributed by atoms with E-state index < -0.39 is 26.1 Å². The van der Waals surface area contributed by atoms with Crippen LogP contribution in [0.1, 0.15) is 62.4 Å². The Labute approximate surface area is 206 Å². The normalized spacial score (nSPS) is 30.4. The molecule has 9 nitrogen and oxygen atoms in total. The zero-order valence-electron chi connectivity index (χ0n) is 18.7. The minimum atomic E-state index is -2.53. The highest BCUT2D eigenvalue weighted by atomic mass is 35.5. The third-order valence-corrected chi connectivity index (χ3v) is 12.2. The van der Waals surface area contributed by atoms with E-state index in [0.29, 0.717) is 46.5 Å². The van der Waals surface area contributed by atoms with Crippen LogP contribution in [0, 0.1) is 0 Å². The van der Waals surface area contributed by atoms with Crippen LogP contribution in [-0.4, -0.2) is 61.9 Å². The standard InChI is InChI=1S/C22H27ClN6O3S2/c23-15-11-24-18(25-12-15)14-2-8-34(32,9-3-14)29-20-26-16-10-22(6-7-22)33(31)17(16)19(27-20)28-21(13-30)4-1-5-21/h11-12,14,30H,1-10,13H2,(H,26,27,28)/t14?,33-,34?/m1/s1. The fourth-order valence-electron chi connectivity index (χ4n) is 5.12. The molecule has 4 aliphatic rings. The monoisotopic (exact) mass is 522 g/mol. The molecule has 0 bridgehead atoms. The van der Waals surface area contributed by atoms with Crippen LogP contribution in [-0.2, 0) is 26.9 Å². The Bertz CT molecular complexity index is 1270. The number of fused-ring (bicyclic) bond motifs is 1. The van der Waals surface area contributed by atoms with Gasteiger partial charge in [0, 0.05) is 36.2 Å². The molecule has 2 N–H and O–H groups in total. The molecule has 3 fully saturated rings. The molecular formula is C22H27ClN6O3S2. The van der Waals surface area contributed by atoms with Crippen molar-refractivity contribution in [2.45, 2.75) is 72.5 Å². The Balaban J connectivity index is 1.30. The van der Waals surface area contributed by atoms with Crippen molar-refractivity contribution >= 4 is 43.9 Å². The summed E-state index contributed by atoms with van der Waals surface area (Å²) in [4.78, 5) is 18.5. The van der Waals surface area contributed by atoms with Crippen molar-refractivity contribution in [1.29, 1.82) is 0 Å². The van der Waals surface area contributed by atoms with Gasteiger partial charge < -0.3 is 10.4 Å². The second kappa shape index (κ2) is 8.18. The summed E-state index contributed by atoms with van der Waals surface area (Å²) >= 11 is 5.89. The number of rotatable bonds is 5. The lowest BCUT2D eigenvalue weighted by atomic mass is 9.77. The van der Waals surface area contributed by atoms with Gasteiger partial charge in [0.2, 0.25) is 0 Å². The number of aliphatic hydroxyl groups is 1. The predicted octanol–water partition coefficient (Wildman–Crippen LogP) is 3.12. The Morgan fingerprint density at radius 2 is 1.88 bits per heavy atom. The van der Waals surface area contributed by atoms with Crippen LogP contribution in [0.5, 0.6) is 0 Å². The molecule has 6 rings (SSSR count). The Morgan fingerprint density at radius 3 is 2.47 bits per heavy atom. The molecule has 0 aromatic carbocycles. The van der Waals surface area contributed by atoms with Gasteiger partial charge in [-0.25, -0.2) is 19.2 Å². The Morgan fingerprint density at radius 1 is 1.18 bits per heavy atom. The maximum Gasteiger partial charge on any atom is 0.259 e. The van der Waals surface area contributed by atoms with Gasteiger partial charge in [-0.3, -0.25) is 4.21 Å². The molecule has 182 valence electrons. The van der Waals surface area contributed by atoms with E-state index in [1.54, 1.807) is 12.4 Å². The summed E-state index contributed by atoms with van der Waals surface area (Å²) in [5, 5.41) is 13.8. The van der Waals surface area contributed by atoms with E-state index in [0.717, 1.165) is 43.6 Å². The number of aliphatic hydroxyl groups excluding tert-OH is 1. The lowest BCUT2D eigenvalue weighted by Gasteiger charge is -2.41. The van der Waals surface area contributed by atoms with Gasteiger partial charge in [-0.1, -0.05) is 11.6 Å². The molecule has 34 heavy (non-hydrogen) atoms. The zero-order valence-corrected chi connectivity index (χ0v) is 21.1. The van der Waals surface area contributed by atoms with E-state index in [1.165, 1.54) is 0 Å². The number of halogens is 1. The summed E-state index contributed by atoms with van der Waals surface area (Å²) in [6.45, 7) is -0.0130. The first-order chi connectivity index (χ1) is 16.3. The molecule has 4 heterocycles. The van der Waals surface area contributed by atoms with Crippen molar-refractivity contribution in [2.75, 3.05) is 23.4 Å². The first kappa shape index (κ1) is 22.8. The summed E-state index contributed by atoms with van der Waals surface area (Å²) in [6.07, 6.45) is 9.66. The van der Waals surface area contributed by atoms with Gasteiger partial charge in [-0.2, -0.15) is 9.35 Å². The molecule has 2 aliphatic heterocycles. The molecule has 2 saturated carbocycles. The van der Waals surface area contributed by atoms with Gasteiger partial charge in [0.05, 0.1) is 48.1 Å². The molecule has 12 heteroatoms. The summed E-state index contributed by atoms with van der Waals surface area (Å²) in [5.41, 5.74) is 0.299. The highest BCUT2D eigenvalue weighted by Crippen LogP contribution is 2.54. The highest BCUT2D eigenvalue weighted by molar-refractivity contribution is 7.93. The number of aromatic nitrogens is 4. The van der Waals surface area contributed by atoms with E-state index >= 15 is 0 Å². The maximum absolute atomic E-state index is 13.6. The molecule has 2 aromatic rings. The van der Waals surface area contributed by atoms with Crippen LogP contribution in [0.4, 0.5) is 11.8 Å². The fraction of sp³-hybridized carbons (Fsp3) is 0.636. The third-order valence-electron chi connectivity index (χ3n) is 7.62. The van der Waals surface area contributed by atoms with Gasteiger partial charge in [-0.05, 0) is 44.9 Å². The quantitative estimate of drug-likeness (QED) is 0.612. The third kappa shape index (κ3) is 3.94. The van der Waals surface area contributed by atoms with E-state index in [2.05, 4.69) is 29.6 Å². The van der Waals surface area contributed by atoms with Crippen LogP contribution in [0.15, 0.2) is 21.7 Å². The number of nitrogens with zero attached hydrogens (tertiary/aromatic N) is 5. The topological polar surface area (TPSA) is 130 Å².